The molecule has 0 aliphatic carbocycles. The third-order valence-electron chi connectivity index (χ3n) is 1.24. The molecule has 8 nitrogen and oxygen atoms in total. The minimum atomic E-state index is 1.35. The van der Waals surface area contributed by atoms with E-state index in [4.69, 9.17) is 5.53 Å². The number of hydrogen-bond donors (Lipinski definition) is 3. The number of nitrogens with one attached hydrogen (secondary N) is 2. The first kappa shape index (κ1) is 9.29. The van der Waals surface area contributed by atoms with E-state index in [2.05, 4.69) is 21.0 Å². The minimum absolute atomic E-state index is 1.35. The van der Waals surface area contributed by atoms with Gasteiger partial charge in [-0.2, -0.15) is 10.2 Å². The number of hydrazine groups is 1. The summed E-state index contributed by atoms with van der Waals surface area (Å²) in [4.78, 5) is 1.52. The van der Waals surface area contributed by atoms with Gasteiger partial charge in [0.05, 0.1) is 12.4 Å². The summed E-state index contributed by atoms with van der Waals surface area (Å²) in [6.07, 6.45) is 6.22. The van der Waals surface area contributed by atoms with Gasteiger partial charge in [0, 0.05) is 7.05 Å². The van der Waals surface area contributed by atoms with Crippen LogP contribution in [-0.4, -0.2) is 22.2 Å². The highest BCUT2D eigenvalue weighted by molar-refractivity contribution is 4.71. The lowest BCUT2D eigenvalue weighted by molar-refractivity contribution is -0.653. The van der Waals surface area contributed by atoms with Crippen molar-refractivity contribution in [1.29, 1.82) is 5.53 Å². The summed E-state index contributed by atoms with van der Waals surface area (Å²) in [6, 6.07) is 0. The van der Waals surface area contributed by atoms with Crippen molar-refractivity contribution >= 4 is 0 Å². The molecule has 0 bridgehead atoms. The lowest BCUT2D eigenvalue weighted by Gasteiger charge is -2.14. The number of aromatic nitrogens is 3. The minimum Gasteiger partial charge on any atom is -0.222 e. The van der Waals surface area contributed by atoms with Gasteiger partial charge in [0.1, 0.15) is 12.4 Å². The molecule has 0 saturated heterocycles. The van der Waals surface area contributed by atoms with Crippen LogP contribution in [-0.2, 0) is 0 Å². The first-order chi connectivity index (χ1) is 6.34. The molecule has 0 amide bonds. The van der Waals surface area contributed by atoms with E-state index < -0.39 is 0 Å². The fraction of sp³-hybridized carbons (Fsp3) is 0.200. The lowest BCUT2D eigenvalue weighted by atomic mass is 10.9. The van der Waals surface area contributed by atoms with E-state index in [1.807, 2.05) is 0 Å². The number of rotatable bonds is 5. The lowest BCUT2D eigenvalue weighted by Crippen LogP contribution is -2.92. The Hall–Kier alpha value is -1.80. The molecule has 0 aliphatic heterocycles. The van der Waals surface area contributed by atoms with Crippen molar-refractivity contribution in [1.82, 2.24) is 20.6 Å². The largest absolute Gasteiger partial charge is 0.222 e. The van der Waals surface area contributed by atoms with Crippen molar-refractivity contribution in [3.63, 3.8) is 0 Å². The standard InChI is InChI=1S/C5H10N8/c1-12(10-8-3-2-7-6)13-5-4-9-11-13/h2-6,8,10H,1H3/p+1. The van der Waals surface area contributed by atoms with Crippen LogP contribution < -0.4 is 16.1 Å². The van der Waals surface area contributed by atoms with Gasteiger partial charge in [0.15, 0.2) is 0 Å². The molecular weight excluding hydrogens is 172 g/mol. The van der Waals surface area contributed by atoms with E-state index in [1.54, 1.807) is 36.2 Å². The van der Waals surface area contributed by atoms with Gasteiger partial charge < -0.3 is 0 Å². The summed E-state index contributed by atoms with van der Waals surface area (Å²) in [5.41, 5.74) is 11.0. The van der Waals surface area contributed by atoms with Crippen molar-refractivity contribution in [2.45, 2.75) is 0 Å². The van der Waals surface area contributed by atoms with Gasteiger partial charge in [-0.15, -0.1) is 9.89 Å². The average molecular weight is 183 g/mol. The highest BCUT2D eigenvalue weighted by Gasteiger charge is 1.97. The predicted molar refractivity (Wildman–Crippen MR) is 43.5 cm³/mol. The van der Waals surface area contributed by atoms with Crippen LogP contribution in [0.5, 0.6) is 0 Å². The van der Waals surface area contributed by atoms with E-state index in [0.29, 0.717) is 0 Å². The molecule has 1 aromatic rings. The molecule has 0 spiro atoms. The number of nitrogens with zero attached hydrogens (tertiary/aromatic N) is 5. The summed E-state index contributed by atoms with van der Waals surface area (Å²) in [6.45, 7) is 0. The fourth-order valence-electron chi connectivity index (χ4n) is 0.658. The highest BCUT2D eigenvalue weighted by Crippen LogP contribution is 1.75. The zero-order chi connectivity index (χ0) is 9.52. The molecule has 1 rings (SSSR count). The van der Waals surface area contributed by atoms with Gasteiger partial charge in [0.25, 0.3) is 0 Å². The molecule has 0 aliphatic rings. The molecule has 0 fully saturated rings. The van der Waals surface area contributed by atoms with Crippen molar-refractivity contribution in [3.05, 3.63) is 24.8 Å². The SMILES string of the molecule is CN(N[NH2+]C=CN=N)n1ccnn1. The molecule has 70 valence electrons. The predicted octanol–water partition coefficient (Wildman–Crippen LogP) is -1.67. The zero-order valence-electron chi connectivity index (χ0n) is 7.12. The second kappa shape index (κ2) is 4.95. The van der Waals surface area contributed by atoms with Gasteiger partial charge in [-0.3, -0.25) is 0 Å². The Balaban J connectivity index is 2.30. The normalized spacial score (nSPS) is 10.5. The summed E-state index contributed by atoms with van der Waals surface area (Å²) in [7, 11) is 1.77. The Bertz CT molecular complexity index is 264. The zero-order valence-corrected chi connectivity index (χ0v) is 7.12. The van der Waals surface area contributed by atoms with Gasteiger partial charge in [0.2, 0.25) is 0 Å². The number of hydrogen-bond acceptors (Lipinski definition) is 6. The maximum Gasteiger partial charge on any atom is 0.134 e. The summed E-state index contributed by atoms with van der Waals surface area (Å²) < 4.78 is 0. The van der Waals surface area contributed by atoms with Crippen molar-refractivity contribution in [3.8, 4) is 0 Å². The van der Waals surface area contributed by atoms with Crippen molar-refractivity contribution in [2.75, 3.05) is 12.2 Å². The van der Waals surface area contributed by atoms with Crippen LogP contribution >= 0.6 is 0 Å². The van der Waals surface area contributed by atoms with Crippen molar-refractivity contribution in [2.24, 2.45) is 5.11 Å². The maximum absolute atomic E-state index is 6.48. The topological polar surface area (TPSA) is 98.8 Å². The molecule has 1 heterocycles. The van der Waals surface area contributed by atoms with Gasteiger partial charge in [-0.05, 0) is 5.21 Å². The van der Waals surface area contributed by atoms with E-state index in [1.165, 1.54) is 11.0 Å². The molecule has 0 aromatic carbocycles. The van der Waals surface area contributed by atoms with E-state index in [0.717, 1.165) is 0 Å². The molecule has 0 unspecified atom stereocenters. The van der Waals surface area contributed by atoms with Gasteiger partial charge in [-0.1, -0.05) is 5.53 Å². The molecule has 0 atom stereocenters. The first-order valence-corrected chi connectivity index (χ1v) is 3.56. The molecule has 8 heteroatoms. The Kier molecular flexibility index (Phi) is 3.54. The highest BCUT2D eigenvalue weighted by atomic mass is 15.9. The van der Waals surface area contributed by atoms with Crippen LogP contribution in [0.15, 0.2) is 29.9 Å². The van der Waals surface area contributed by atoms with Crippen LogP contribution in [0.25, 0.3) is 0 Å². The quantitative estimate of drug-likeness (QED) is 0.289. The smallest absolute Gasteiger partial charge is 0.134 e. The summed E-state index contributed by atoms with van der Waals surface area (Å²) >= 11 is 0. The second-order valence-corrected chi connectivity index (χ2v) is 2.11. The van der Waals surface area contributed by atoms with Crippen LogP contribution in [0.4, 0.5) is 0 Å². The third-order valence-corrected chi connectivity index (χ3v) is 1.24. The Labute approximate surface area is 74.6 Å². The summed E-state index contributed by atoms with van der Waals surface area (Å²) in [5, 5.41) is 12.0. The molecule has 13 heavy (non-hydrogen) atoms. The molecular formula is C5H11N8+. The summed E-state index contributed by atoms with van der Waals surface area (Å²) in [5.74, 6) is 0. The first-order valence-electron chi connectivity index (χ1n) is 3.56. The third kappa shape index (κ3) is 2.97. The monoisotopic (exact) mass is 183 g/mol. The molecule has 1 aromatic heterocycles. The van der Waals surface area contributed by atoms with Crippen LogP contribution in [0.1, 0.15) is 0 Å². The van der Waals surface area contributed by atoms with E-state index in [9.17, 15) is 0 Å². The van der Waals surface area contributed by atoms with Crippen LogP contribution in [0.3, 0.4) is 0 Å². The Morgan fingerprint density at radius 1 is 1.77 bits per heavy atom. The van der Waals surface area contributed by atoms with Crippen molar-refractivity contribution < 1.29 is 5.43 Å². The molecule has 0 radical (unpaired) electrons. The van der Waals surface area contributed by atoms with Crippen LogP contribution in [0, 0.1) is 5.53 Å². The maximum atomic E-state index is 6.48. The van der Waals surface area contributed by atoms with E-state index >= 15 is 0 Å². The van der Waals surface area contributed by atoms with Crippen LogP contribution in [0.2, 0.25) is 0 Å². The fourth-order valence-corrected chi connectivity index (χ4v) is 0.658. The number of quaternary nitrogens is 1. The van der Waals surface area contributed by atoms with Gasteiger partial charge in [-0.25, -0.2) is 11.0 Å². The average Bonchev–Trinajstić information content (AvgIpc) is 2.65. The molecule has 4 N–H and O–H groups in total. The Morgan fingerprint density at radius 2 is 2.62 bits per heavy atom. The molecule has 0 saturated carbocycles. The van der Waals surface area contributed by atoms with Gasteiger partial charge >= 0.3 is 0 Å². The van der Waals surface area contributed by atoms with E-state index in [-0.39, 0.29) is 0 Å². The second-order valence-electron chi connectivity index (χ2n) is 2.11. The number of nitrogens with two attached hydrogens (primary N) is 1. The Morgan fingerprint density at radius 3 is 3.23 bits per heavy atom.